The number of amides is 1. The van der Waals surface area contributed by atoms with Crippen LogP contribution < -0.4 is 20.9 Å². The van der Waals surface area contributed by atoms with Crippen LogP contribution in [0.3, 0.4) is 0 Å². The van der Waals surface area contributed by atoms with Gasteiger partial charge in [-0.2, -0.15) is 0 Å². The van der Waals surface area contributed by atoms with Crippen LogP contribution >= 0.6 is 0 Å². The minimum absolute atomic E-state index is 0.0360. The molecule has 47 heavy (non-hydrogen) atoms. The molecule has 0 bridgehead atoms. The van der Waals surface area contributed by atoms with Crippen LogP contribution in [0.25, 0.3) is 11.0 Å². The fourth-order valence-electron chi connectivity index (χ4n) is 5.68. The third-order valence-corrected chi connectivity index (χ3v) is 8.19. The van der Waals surface area contributed by atoms with Gasteiger partial charge in [-0.1, -0.05) is 42.5 Å². The van der Waals surface area contributed by atoms with Gasteiger partial charge in [0.25, 0.3) is 5.91 Å². The standard InChI is InChI=1S/C36H36N6O5/c1-45-36(44)27-10-4-24(5-11-27)20-41(17-16-37)35(43)28-12-13-30-29(19-28)40-33(15-7-23-2-8-26(9-3-23)34(38)39)42(30)21-25-6-14-31-32(18-25)47-22-46-31/h2-6,8-14,18-19H,7,15-17,20-22,37H2,1H3,(H3,38,39). The predicted molar refractivity (Wildman–Crippen MR) is 178 cm³/mol. The number of ether oxygens (including phenoxy) is 3. The lowest BCUT2D eigenvalue weighted by Crippen LogP contribution is -2.34. The van der Waals surface area contributed by atoms with Crippen LogP contribution in [0.15, 0.2) is 84.9 Å². The minimum atomic E-state index is -0.414. The molecule has 1 aliphatic rings. The summed E-state index contributed by atoms with van der Waals surface area (Å²) in [7, 11) is 1.34. The van der Waals surface area contributed by atoms with Gasteiger partial charge in [0.1, 0.15) is 11.7 Å². The lowest BCUT2D eigenvalue weighted by atomic mass is 10.1. The average Bonchev–Trinajstić information content (AvgIpc) is 3.70. The molecule has 4 aromatic carbocycles. The van der Waals surface area contributed by atoms with Gasteiger partial charge in [0.2, 0.25) is 6.79 Å². The number of nitrogen functional groups attached to an aromatic ring is 1. The lowest BCUT2D eigenvalue weighted by molar-refractivity contribution is 0.0600. The van der Waals surface area contributed by atoms with E-state index in [9.17, 15) is 9.59 Å². The Bertz CT molecular complexity index is 1930. The van der Waals surface area contributed by atoms with Crippen molar-refractivity contribution in [3.63, 3.8) is 0 Å². The molecule has 11 heteroatoms. The van der Waals surface area contributed by atoms with Gasteiger partial charge in [-0.25, -0.2) is 9.78 Å². The number of imidazole rings is 1. The van der Waals surface area contributed by atoms with Crippen molar-refractivity contribution in [1.29, 1.82) is 5.41 Å². The quantitative estimate of drug-likeness (QED) is 0.105. The summed E-state index contributed by atoms with van der Waals surface area (Å²) in [6.45, 7) is 1.76. The van der Waals surface area contributed by atoms with Crippen LogP contribution in [0.2, 0.25) is 0 Å². The molecule has 0 saturated heterocycles. The molecule has 0 atom stereocenters. The zero-order valence-corrected chi connectivity index (χ0v) is 26.1. The first-order valence-electron chi connectivity index (χ1n) is 15.3. The number of aryl methyl sites for hydroxylation is 2. The number of amidine groups is 1. The number of nitrogens with zero attached hydrogens (tertiary/aromatic N) is 3. The molecule has 0 spiro atoms. The molecule has 1 aliphatic heterocycles. The second kappa shape index (κ2) is 13.8. The summed E-state index contributed by atoms with van der Waals surface area (Å²) in [5.74, 6) is 1.78. The molecule has 0 saturated carbocycles. The zero-order chi connectivity index (χ0) is 32.9. The zero-order valence-electron chi connectivity index (χ0n) is 26.1. The number of methoxy groups -OCH3 is 1. The molecular formula is C36H36N6O5. The van der Waals surface area contributed by atoms with E-state index in [0.717, 1.165) is 40.2 Å². The van der Waals surface area contributed by atoms with E-state index in [1.165, 1.54) is 7.11 Å². The Morgan fingerprint density at radius 3 is 2.28 bits per heavy atom. The van der Waals surface area contributed by atoms with E-state index in [2.05, 4.69) is 4.57 Å². The van der Waals surface area contributed by atoms with Gasteiger partial charge < -0.3 is 35.1 Å². The molecule has 0 unspecified atom stereocenters. The Hall–Kier alpha value is -5.68. The van der Waals surface area contributed by atoms with E-state index < -0.39 is 5.97 Å². The lowest BCUT2D eigenvalue weighted by Gasteiger charge is -2.22. The minimum Gasteiger partial charge on any atom is -0.465 e. The maximum absolute atomic E-state index is 13.8. The Morgan fingerprint density at radius 2 is 1.55 bits per heavy atom. The molecule has 6 rings (SSSR count). The van der Waals surface area contributed by atoms with Gasteiger partial charge in [-0.3, -0.25) is 10.2 Å². The Kier molecular flexibility index (Phi) is 9.16. The van der Waals surface area contributed by atoms with Crippen molar-refractivity contribution in [2.45, 2.75) is 25.9 Å². The third-order valence-electron chi connectivity index (χ3n) is 8.19. The first-order valence-corrected chi connectivity index (χ1v) is 15.3. The van der Waals surface area contributed by atoms with Crippen molar-refractivity contribution in [2.75, 3.05) is 27.0 Å². The summed E-state index contributed by atoms with van der Waals surface area (Å²) < 4.78 is 18.1. The highest BCUT2D eigenvalue weighted by Gasteiger charge is 2.20. The number of rotatable bonds is 12. The van der Waals surface area contributed by atoms with Crippen molar-refractivity contribution < 1.29 is 23.8 Å². The number of carbonyl (C=O) groups excluding carboxylic acids is 2. The average molecular weight is 633 g/mol. The number of nitrogens with one attached hydrogen (secondary N) is 1. The number of carbonyl (C=O) groups is 2. The van der Waals surface area contributed by atoms with Crippen molar-refractivity contribution >= 4 is 28.7 Å². The highest BCUT2D eigenvalue weighted by atomic mass is 16.7. The molecule has 0 aliphatic carbocycles. The van der Waals surface area contributed by atoms with Crippen LogP contribution in [0.4, 0.5) is 0 Å². The molecule has 1 aromatic heterocycles. The Labute approximate surface area is 272 Å². The molecule has 11 nitrogen and oxygen atoms in total. The fourth-order valence-corrected chi connectivity index (χ4v) is 5.68. The van der Waals surface area contributed by atoms with E-state index in [4.69, 9.17) is 36.1 Å². The summed E-state index contributed by atoms with van der Waals surface area (Å²) in [6, 6.07) is 26.2. The van der Waals surface area contributed by atoms with Crippen LogP contribution in [-0.2, 0) is 30.7 Å². The van der Waals surface area contributed by atoms with Gasteiger partial charge in [-0.15, -0.1) is 0 Å². The largest absolute Gasteiger partial charge is 0.465 e. The van der Waals surface area contributed by atoms with E-state index in [1.54, 1.807) is 17.0 Å². The molecule has 0 fully saturated rings. The predicted octanol–water partition coefficient (Wildman–Crippen LogP) is 4.27. The first kappa shape index (κ1) is 31.3. The molecule has 0 radical (unpaired) electrons. The van der Waals surface area contributed by atoms with Gasteiger partial charge >= 0.3 is 5.97 Å². The number of aromatic nitrogens is 2. The summed E-state index contributed by atoms with van der Waals surface area (Å²) in [6.07, 6.45) is 1.39. The van der Waals surface area contributed by atoms with Crippen molar-refractivity contribution in [1.82, 2.24) is 14.5 Å². The van der Waals surface area contributed by atoms with Gasteiger partial charge in [0.05, 0.1) is 23.7 Å². The monoisotopic (exact) mass is 632 g/mol. The SMILES string of the molecule is COC(=O)c1ccc(CN(CCN)C(=O)c2ccc3c(c2)nc(CCc2ccc(C(=N)N)cc2)n3Cc2ccc3c(c2)OCO3)cc1. The highest BCUT2D eigenvalue weighted by molar-refractivity contribution is 5.97. The number of hydrogen-bond donors (Lipinski definition) is 3. The second-order valence-corrected chi connectivity index (χ2v) is 11.3. The third kappa shape index (κ3) is 6.95. The molecule has 5 aromatic rings. The highest BCUT2D eigenvalue weighted by Crippen LogP contribution is 2.33. The maximum atomic E-state index is 13.8. The molecule has 2 heterocycles. The molecule has 240 valence electrons. The summed E-state index contributed by atoms with van der Waals surface area (Å²) in [5.41, 5.74) is 17.8. The van der Waals surface area contributed by atoms with E-state index in [0.29, 0.717) is 60.6 Å². The number of nitrogens with two attached hydrogens (primary N) is 2. The Morgan fingerprint density at radius 1 is 0.872 bits per heavy atom. The molecule has 1 amide bonds. The van der Waals surface area contributed by atoms with Crippen LogP contribution in [0.5, 0.6) is 11.5 Å². The van der Waals surface area contributed by atoms with Gasteiger partial charge in [0, 0.05) is 43.7 Å². The van der Waals surface area contributed by atoms with Crippen molar-refractivity contribution in [3.8, 4) is 11.5 Å². The van der Waals surface area contributed by atoms with Crippen LogP contribution in [-0.4, -0.2) is 59.2 Å². The van der Waals surface area contributed by atoms with E-state index >= 15 is 0 Å². The summed E-state index contributed by atoms with van der Waals surface area (Å²) in [4.78, 5) is 32.4. The summed E-state index contributed by atoms with van der Waals surface area (Å²) >= 11 is 0. The first-order chi connectivity index (χ1) is 22.8. The number of hydrogen-bond acceptors (Lipinski definition) is 8. The fraction of sp³-hybridized carbons (Fsp3) is 0.222. The number of benzene rings is 4. The maximum Gasteiger partial charge on any atom is 0.337 e. The topological polar surface area (TPSA) is 159 Å². The van der Waals surface area contributed by atoms with E-state index in [1.807, 2.05) is 72.8 Å². The van der Waals surface area contributed by atoms with Crippen molar-refractivity contribution in [3.05, 3.63) is 124 Å². The van der Waals surface area contributed by atoms with Crippen LogP contribution in [0.1, 0.15) is 48.8 Å². The molecule has 5 N–H and O–H groups in total. The number of esters is 1. The van der Waals surface area contributed by atoms with Crippen LogP contribution in [0, 0.1) is 5.41 Å². The van der Waals surface area contributed by atoms with Gasteiger partial charge in [-0.05, 0) is 65.6 Å². The van der Waals surface area contributed by atoms with E-state index in [-0.39, 0.29) is 18.5 Å². The molecular weight excluding hydrogens is 596 g/mol. The number of fused-ring (bicyclic) bond motifs is 2. The smallest absolute Gasteiger partial charge is 0.337 e. The Balaban J connectivity index is 1.28. The van der Waals surface area contributed by atoms with Crippen molar-refractivity contribution in [2.24, 2.45) is 11.5 Å². The normalized spacial score (nSPS) is 11.9. The summed E-state index contributed by atoms with van der Waals surface area (Å²) in [5, 5.41) is 7.67. The van der Waals surface area contributed by atoms with Gasteiger partial charge in [0.15, 0.2) is 11.5 Å². The second-order valence-electron chi connectivity index (χ2n) is 11.3.